The molecule has 0 amide bonds. The topological polar surface area (TPSA) is 63.8 Å². The van der Waals surface area contributed by atoms with Gasteiger partial charge in [0.05, 0.1) is 22.6 Å². The number of hydrogen-bond donors (Lipinski definition) is 1. The molecule has 5 nitrogen and oxygen atoms in total. The van der Waals surface area contributed by atoms with Crippen LogP contribution in [-0.4, -0.2) is 15.0 Å². The predicted octanol–water partition coefficient (Wildman–Crippen LogP) is 3.96. The fourth-order valence-electron chi connectivity index (χ4n) is 2.22. The first-order valence-corrected chi connectivity index (χ1v) is 7.70. The van der Waals surface area contributed by atoms with Crippen molar-refractivity contribution >= 4 is 28.1 Å². The van der Waals surface area contributed by atoms with Crippen molar-refractivity contribution in [3.05, 3.63) is 60.1 Å². The van der Waals surface area contributed by atoms with Crippen LogP contribution < -0.4 is 5.32 Å². The number of aromatic nitrogens is 3. The van der Waals surface area contributed by atoms with E-state index in [1.807, 2.05) is 41.8 Å². The zero-order valence-electron chi connectivity index (χ0n) is 11.6. The van der Waals surface area contributed by atoms with Crippen LogP contribution in [0, 0.1) is 0 Å². The predicted molar refractivity (Wildman–Crippen MR) is 86.7 cm³/mol. The summed E-state index contributed by atoms with van der Waals surface area (Å²) < 4.78 is 5.51. The average Bonchev–Trinajstić information content (AvgIpc) is 3.24. The third-order valence-corrected chi connectivity index (χ3v) is 4.12. The molecule has 1 aromatic carbocycles. The highest BCUT2D eigenvalue weighted by atomic mass is 32.1. The molecule has 0 aliphatic heterocycles. The molecule has 0 aliphatic carbocycles. The Hall–Kier alpha value is -2.73. The van der Waals surface area contributed by atoms with E-state index in [2.05, 4.69) is 20.3 Å². The molecule has 0 saturated heterocycles. The van der Waals surface area contributed by atoms with Gasteiger partial charge in [-0.1, -0.05) is 18.2 Å². The second-order valence-corrected chi connectivity index (χ2v) is 5.66. The number of nitrogens with one attached hydrogen (secondary N) is 1. The Labute approximate surface area is 130 Å². The molecule has 0 saturated carbocycles. The van der Waals surface area contributed by atoms with E-state index in [-0.39, 0.29) is 0 Å². The van der Waals surface area contributed by atoms with Gasteiger partial charge in [-0.25, -0.2) is 15.0 Å². The van der Waals surface area contributed by atoms with Crippen LogP contribution in [0.25, 0.3) is 21.7 Å². The lowest BCUT2D eigenvalue weighted by Crippen LogP contribution is -2.02. The third kappa shape index (κ3) is 2.44. The summed E-state index contributed by atoms with van der Waals surface area (Å²) >= 11 is 1.61. The molecule has 0 spiro atoms. The number of rotatable bonds is 4. The molecular weight excluding hydrogens is 296 g/mol. The number of hydrogen-bond acceptors (Lipinski definition) is 6. The minimum absolute atomic E-state index is 0.551. The lowest BCUT2D eigenvalue weighted by Gasteiger charge is -2.06. The summed E-state index contributed by atoms with van der Waals surface area (Å²) in [6, 6.07) is 11.9. The zero-order valence-corrected chi connectivity index (χ0v) is 12.4. The molecule has 4 aromatic rings. The molecule has 22 heavy (non-hydrogen) atoms. The van der Waals surface area contributed by atoms with E-state index in [9.17, 15) is 0 Å². The Balaban J connectivity index is 1.55. The van der Waals surface area contributed by atoms with Gasteiger partial charge >= 0.3 is 0 Å². The van der Waals surface area contributed by atoms with E-state index in [1.54, 1.807) is 23.9 Å². The highest BCUT2D eigenvalue weighted by molar-refractivity contribution is 7.13. The van der Waals surface area contributed by atoms with Crippen LogP contribution in [0.5, 0.6) is 0 Å². The van der Waals surface area contributed by atoms with E-state index in [4.69, 9.17) is 4.42 Å². The van der Waals surface area contributed by atoms with Crippen molar-refractivity contribution in [1.29, 1.82) is 0 Å². The molecule has 0 atom stereocenters. The number of nitrogens with zero attached hydrogens (tertiary/aromatic N) is 3. The number of oxazole rings is 1. The quantitative estimate of drug-likeness (QED) is 0.618. The first kappa shape index (κ1) is 13.0. The van der Waals surface area contributed by atoms with Gasteiger partial charge in [0.25, 0.3) is 0 Å². The number of fused-ring (bicyclic) bond motifs is 1. The van der Waals surface area contributed by atoms with Crippen LogP contribution in [0.15, 0.2) is 58.8 Å². The van der Waals surface area contributed by atoms with Gasteiger partial charge in [0, 0.05) is 5.39 Å². The molecule has 108 valence electrons. The van der Waals surface area contributed by atoms with E-state index < -0.39 is 0 Å². The van der Waals surface area contributed by atoms with Crippen LogP contribution in [0.3, 0.4) is 0 Å². The number of benzene rings is 1. The average molecular weight is 308 g/mol. The Kier molecular flexibility index (Phi) is 3.29. The molecule has 0 unspecified atom stereocenters. The highest BCUT2D eigenvalue weighted by Gasteiger charge is 2.08. The molecule has 0 radical (unpaired) electrons. The first-order valence-electron chi connectivity index (χ1n) is 6.82. The number of para-hydroxylation sites is 1. The molecule has 0 bridgehead atoms. The van der Waals surface area contributed by atoms with Gasteiger partial charge < -0.3 is 9.73 Å². The van der Waals surface area contributed by atoms with Gasteiger partial charge in [-0.15, -0.1) is 11.3 Å². The number of anilines is 1. The van der Waals surface area contributed by atoms with Gasteiger partial charge in [0.2, 0.25) is 5.89 Å². The molecule has 3 heterocycles. The third-order valence-electron chi connectivity index (χ3n) is 3.26. The van der Waals surface area contributed by atoms with Crippen LogP contribution >= 0.6 is 11.3 Å². The largest absolute Gasteiger partial charge is 0.443 e. The fraction of sp³-hybridized carbons (Fsp3) is 0.0625. The van der Waals surface area contributed by atoms with Crippen molar-refractivity contribution in [2.45, 2.75) is 6.54 Å². The SMILES string of the molecule is c1csc(-c2nc(CNc3ncnc4ccccc34)co2)c1. The minimum atomic E-state index is 0.551. The standard InChI is InChI=1S/C16H12N4OS/c1-2-5-13-12(4-1)15(19-10-18-13)17-8-11-9-21-16(20-11)14-6-3-7-22-14/h1-7,9-10H,8H2,(H,17,18,19). The molecule has 6 heteroatoms. The summed E-state index contributed by atoms with van der Waals surface area (Å²) in [6.45, 7) is 0.551. The van der Waals surface area contributed by atoms with Gasteiger partial charge in [0.1, 0.15) is 18.4 Å². The summed E-state index contributed by atoms with van der Waals surface area (Å²) in [7, 11) is 0. The molecule has 1 N–H and O–H groups in total. The fourth-order valence-corrected chi connectivity index (χ4v) is 2.88. The Morgan fingerprint density at radius 1 is 1.09 bits per heavy atom. The summed E-state index contributed by atoms with van der Waals surface area (Å²) in [5, 5.41) is 6.29. The lowest BCUT2D eigenvalue weighted by atomic mass is 10.2. The van der Waals surface area contributed by atoms with Crippen molar-refractivity contribution in [2.24, 2.45) is 0 Å². The van der Waals surface area contributed by atoms with Crippen LogP contribution in [0.2, 0.25) is 0 Å². The summed E-state index contributed by atoms with van der Waals surface area (Å²) in [6.07, 6.45) is 3.23. The Morgan fingerprint density at radius 3 is 2.95 bits per heavy atom. The smallest absolute Gasteiger partial charge is 0.236 e. The van der Waals surface area contributed by atoms with Gasteiger partial charge in [-0.05, 0) is 23.6 Å². The highest BCUT2D eigenvalue weighted by Crippen LogP contribution is 2.24. The summed E-state index contributed by atoms with van der Waals surface area (Å²) in [5.41, 5.74) is 1.76. The zero-order chi connectivity index (χ0) is 14.8. The van der Waals surface area contributed by atoms with E-state index in [1.165, 1.54) is 0 Å². The van der Waals surface area contributed by atoms with Gasteiger partial charge in [-0.2, -0.15) is 0 Å². The maximum Gasteiger partial charge on any atom is 0.236 e. The molecular formula is C16H12N4OS. The molecule has 0 aliphatic rings. The monoisotopic (exact) mass is 308 g/mol. The van der Waals surface area contributed by atoms with Crippen molar-refractivity contribution < 1.29 is 4.42 Å². The van der Waals surface area contributed by atoms with Crippen molar-refractivity contribution in [3.8, 4) is 10.8 Å². The normalized spacial score (nSPS) is 10.9. The van der Waals surface area contributed by atoms with Crippen LogP contribution in [0.1, 0.15) is 5.69 Å². The molecule has 4 rings (SSSR count). The lowest BCUT2D eigenvalue weighted by molar-refractivity contribution is 0.574. The van der Waals surface area contributed by atoms with Gasteiger partial charge in [0.15, 0.2) is 0 Å². The van der Waals surface area contributed by atoms with E-state index in [0.717, 1.165) is 27.3 Å². The minimum Gasteiger partial charge on any atom is -0.443 e. The maximum absolute atomic E-state index is 5.51. The Bertz CT molecular complexity index is 896. The van der Waals surface area contributed by atoms with Gasteiger partial charge in [-0.3, -0.25) is 0 Å². The molecule has 0 fully saturated rings. The van der Waals surface area contributed by atoms with Crippen LogP contribution in [-0.2, 0) is 6.54 Å². The first-order chi connectivity index (χ1) is 10.9. The summed E-state index contributed by atoms with van der Waals surface area (Å²) in [5.74, 6) is 1.45. The van der Waals surface area contributed by atoms with Crippen molar-refractivity contribution in [2.75, 3.05) is 5.32 Å². The molecule has 3 aromatic heterocycles. The second kappa shape index (κ2) is 5.57. The maximum atomic E-state index is 5.51. The summed E-state index contributed by atoms with van der Waals surface area (Å²) in [4.78, 5) is 14.1. The number of thiophene rings is 1. The second-order valence-electron chi connectivity index (χ2n) is 4.71. The van der Waals surface area contributed by atoms with E-state index >= 15 is 0 Å². The Morgan fingerprint density at radius 2 is 2.05 bits per heavy atom. The van der Waals surface area contributed by atoms with Crippen molar-refractivity contribution in [3.63, 3.8) is 0 Å². The van der Waals surface area contributed by atoms with E-state index in [0.29, 0.717) is 12.4 Å². The van der Waals surface area contributed by atoms with Crippen molar-refractivity contribution in [1.82, 2.24) is 15.0 Å². The van der Waals surface area contributed by atoms with Crippen LogP contribution in [0.4, 0.5) is 5.82 Å².